The van der Waals surface area contributed by atoms with E-state index in [1.807, 2.05) is 32.0 Å². The van der Waals surface area contributed by atoms with Crippen LogP contribution in [0.15, 0.2) is 53.4 Å². The average Bonchev–Trinajstić information content (AvgIpc) is 2.98. The molecule has 3 aromatic rings. The highest BCUT2D eigenvalue weighted by Gasteiger charge is 2.20. The molecule has 2 N–H and O–H groups in total. The van der Waals surface area contributed by atoms with E-state index in [-0.39, 0.29) is 15.9 Å². The number of hydrogen-bond acceptors (Lipinski definition) is 5. The van der Waals surface area contributed by atoms with Gasteiger partial charge in [-0.15, -0.1) is 0 Å². The minimum absolute atomic E-state index is 0.138. The molecule has 1 amide bonds. The zero-order chi connectivity index (χ0) is 19.6. The lowest BCUT2D eigenvalue weighted by Crippen LogP contribution is -2.12. The number of benzene rings is 2. The summed E-state index contributed by atoms with van der Waals surface area (Å²) in [5.74, 6) is -0.317. The van der Waals surface area contributed by atoms with E-state index in [2.05, 4.69) is 15.0 Å². The third-order valence-electron chi connectivity index (χ3n) is 3.91. The summed E-state index contributed by atoms with van der Waals surface area (Å²) >= 11 is 1.00. The first-order valence-corrected chi connectivity index (χ1v) is 10.5. The number of carbonyl (C=O) groups is 1. The Bertz CT molecular complexity index is 1090. The molecular weight excluding hydrogens is 382 g/mol. The number of sulfonamides is 1. The van der Waals surface area contributed by atoms with Crippen molar-refractivity contribution in [1.82, 2.24) is 4.98 Å². The van der Waals surface area contributed by atoms with Crippen LogP contribution in [-0.4, -0.2) is 19.3 Å². The number of aromatic nitrogens is 1. The van der Waals surface area contributed by atoms with Crippen molar-refractivity contribution in [3.05, 3.63) is 70.2 Å². The number of anilines is 2. The van der Waals surface area contributed by atoms with Crippen LogP contribution in [0.5, 0.6) is 0 Å². The van der Waals surface area contributed by atoms with Gasteiger partial charge >= 0.3 is 0 Å². The number of nitrogens with zero attached hydrogens (tertiary/aromatic N) is 1. The van der Waals surface area contributed by atoms with Crippen molar-refractivity contribution >= 4 is 38.1 Å². The lowest BCUT2D eigenvalue weighted by molar-refractivity contribution is 0.102. The second-order valence-corrected chi connectivity index (χ2v) is 8.81. The summed E-state index contributed by atoms with van der Waals surface area (Å²) in [6.07, 6.45) is 0. The predicted octanol–water partition coefficient (Wildman–Crippen LogP) is 4.12. The van der Waals surface area contributed by atoms with Gasteiger partial charge in [0.1, 0.15) is 4.88 Å². The second kappa shape index (κ2) is 7.50. The summed E-state index contributed by atoms with van der Waals surface area (Å²) in [5, 5.41) is 3.01. The molecule has 0 aliphatic rings. The Morgan fingerprint density at radius 2 is 1.74 bits per heavy atom. The van der Waals surface area contributed by atoms with Crippen LogP contribution >= 0.6 is 11.3 Å². The molecule has 0 spiro atoms. The zero-order valence-corrected chi connectivity index (χ0v) is 16.7. The molecule has 0 aliphatic carbocycles. The molecule has 27 heavy (non-hydrogen) atoms. The molecule has 140 valence electrons. The first kappa shape index (κ1) is 19.1. The Hall–Kier alpha value is -2.71. The number of rotatable bonds is 5. The molecule has 2 aromatic carbocycles. The molecule has 1 aromatic heterocycles. The maximum absolute atomic E-state index is 12.6. The monoisotopic (exact) mass is 401 g/mol. The zero-order valence-electron chi connectivity index (χ0n) is 15.1. The van der Waals surface area contributed by atoms with Crippen molar-refractivity contribution in [3.8, 4) is 0 Å². The van der Waals surface area contributed by atoms with E-state index in [4.69, 9.17) is 0 Å². The third-order valence-corrected chi connectivity index (χ3v) is 6.46. The second-order valence-electron chi connectivity index (χ2n) is 6.12. The van der Waals surface area contributed by atoms with Crippen LogP contribution in [0, 0.1) is 20.8 Å². The summed E-state index contributed by atoms with van der Waals surface area (Å²) in [6, 6.07) is 13.8. The molecule has 0 aliphatic heterocycles. The third kappa shape index (κ3) is 4.35. The SMILES string of the molecule is Cc1ccc(NC(=O)c2sc(NS(=O)(=O)c3ccccc3)nc2C)c(C)c1. The highest BCUT2D eigenvalue weighted by molar-refractivity contribution is 7.93. The van der Waals surface area contributed by atoms with Crippen LogP contribution in [0.1, 0.15) is 26.5 Å². The Morgan fingerprint density at radius 1 is 1.04 bits per heavy atom. The van der Waals surface area contributed by atoms with E-state index in [1.165, 1.54) is 12.1 Å². The van der Waals surface area contributed by atoms with Gasteiger partial charge in [0.2, 0.25) is 0 Å². The molecule has 0 unspecified atom stereocenters. The van der Waals surface area contributed by atoms with E-state index in [9.17, 15) is 13.2 Å². The molecule has 1 heterocycles. The van der Waals surface area contributed by atoms with Crippen LogP contribution in [0.4, 0.5) is 10.8 Å². The molecule has 8 heteroatoms. The highest BCUT2D eigenvalue weighted by Crippen LogP contribution is 2.26. The Kier molecular flexibility index (Phi) is 5.29. The molecule has 0 fully saturated rings. The molecule has 0 saturated carbocycles. The Labute approximate surface area is 162 Å². The van der Waals surface area contributed by atoms with E-state index in [1.54, 1.807) is 25.1 Å². The fourth-order valence-electron chi connectivity index (χ4n) is 2.56. The van der Waals surface area contributed by atoms with Gasteiger partial charge < -0.3 is 5.32 Å². The maximum Gasteiger partial charge on any atom is 0.267 e. The van der Waals surface area contributed by atoms with Crippen LogP contribution < -0.4 is 10.0 Å². The smallest absolute Gasteiger partial charge is 0.267 e. The minimum atomic E-state index is -3.75. The van der Waals surface area contributed by atoms with E-state index < -0.39 is 10.0 Å². The topological polar surface area (TPSA) is 88.2 Å². The number of nitrogens with one attached hydrogen (secondary N) is 2. The predicted molar refractivity (Wildman–Crippen MR) is 108 cm³/mol. The van der Waals surface area contributed by atoms with Gasteiger partial charge in [0.05, 0.1) is 10.6 Å². The quantitative estimate of drug-likeness (QED) is 0.673. The molecule has 0 bridgehead atoms. The van der Waals surface area contributed by atoms with Gasteiger partial charge in [0.15, 0.2) is 5.13 Å². The van der Waals surface area contributed by atoms with Crippen LogP contribution in [0.25, 0.3) is 0 Å². The molecular formula is C19H19N3O3S2. The molecule has 0 saturated heterocycles. The van der Waals surface area contributed by atoms with Gasteiger partial charge in [-0.1, -0.05) is 47.2 Å². The van der Waals surface area contributed by atoms with Crippen molar-refractivity contribution in [2.45, 2.75) is 25.7 Å². The maximum atomic E-state index is 12.6. The number of hydrogen-bond donors (Lipinski definition) is 2. The van der Waals surface area contributed by atoms with Gasteiger partial charge in [0, 0.05) is 5.69 Å². The number of amides is 1. The fraction of sp³-hybridized carbons (Fsp3) is 0.158. The average molecular weight is 402 g/mol. The summed E-state index contributed by atoms with van der Waals surface area (Å²) in [5.41, 5.74) is 3.24. The summed E-state index contributed by atoms with van der Waals surface area (Å²) < 4.78 is 27.3. The van der Waals surface area contributed by atoms with Gasteiger partial charge in [-0.25, -0.2) is 13.4 Å². The van der Waals surface area contributed by atoms with E-state index in [0.717, 1.165) is 22.5 Å². The first-order valence-electron chi connectivity index (χ1n) is 8.20. The molecule has 0 atom stereocenters. The van der Waals surface area contributed by atoms with Crippen molar-refractivity contribution in [2.75, 3.05) is 10.0 Å². The Morgan fingerprint density at radius 3 is 2.41 bits per heavy atom. The van der Waals surface area contributed by atoms with Crippen molar-refractivity contribution in [2.24, 2.45) is 0 Å². The largest absolute Gasteiger partial charge is 0.321 e. The number of thiazole rings is 1. The van der Waals surface area contributed by atoms with Gasteiger partial charge in [-0.3, -0.25) is 9.52 Å². The standard InChI is InChI=1S/C19H19N3O3S2/c1-12-9-10-16(13(2)11-12)21-18(23)17-14(3)20-19(26-17)22-27(24,25)15-7-5-4-6-8-15/h4-11H,1-3H3,(H,20,22)(H,21,23). The van der Waals surface area contributed by atoms with Gasteiger partial charge in [-0.2, -0.15) is 0 Å². The molecule has 0 radical (unpaired) electrons. The van der Waals surface area contributed by atoms with Crippen LogP contribution in [-0.2, 0) is 10.0 Å². The van der Waals surface area contributed by atoms with Gasteiger partial charge in [-0.05, 0) is 44.5 Å². The fourth-order valence-corrected chi connectivity index (χ4v) is 4.67. The summed E-state index contributed by atoms with van der Waals surface area (Å²) in [6.45, 7) is 5.58. The van der Waals surface area contributed by atoms with Gasteiger partial charge in [0.25, 0.3) is 15.9 Å². The van der Waals surface area contributed by atoms with E-state index in [0.29, 0.717) is 16.3 Å². The lowest BCUT2D eigenvalue weighted by Gasteiger charge is -2.08. The van der Waals surface area contributed by atoms with Crippen molar-refractivity contribution in [1.29, 1.82) is 0 Å². The molecule has 3 rings (SSSR count). The normalized spacial score (nSPS) is 11.2. The summed E-state index contributed by atoms with van der Waals surface area (Å²) in [4.78, 5) is 17.3. The Balaban J connectivity index is 1.81. The van der Waals surface area contributed by atoms with Crippen molar-refractivity contribution in [3.63, 3.8) is 0 Å². The first-order chi connectivity index (χ1) is 12.8. The number of carbonyl (C=O) groups excluding carboxylic acids is 1. The van der Waals surface area contributed by atoms with Crippen LogP contribution in [0.3, 0.4) is 0 Å². The van der Waals surface area contributed by atoms with Crippen molar-refractivity contribution < 1.29 is 13.2 Å². The highest BCUT2D eigenvalue weighted by atomic mass is 32.2. The minimum Gasteiger partial charge on any atom is -0.321 e. The molecule has 6 nitrogen and oxygen atoms in total. The lowest BCUT2D eigenvalue weighted by atomic mass is 10.1. The summed E-state index contributed by atoms with van der Waals surface area (Å²) in [7, 11) is -3.75. The van der Waals surface area contributed by atoms with Crippen LogP contribution in [0.2, 0.25) is 0 Å². The number of aryl methyl sites for hydroxylation is 3. The van der Waals surface area contributed by atoms with E-state index >= 15 is 0 Å².